The Hall–Kier alpha value is -2.99. The summed E-state index contributed by atoms with van der Waals surface area (Å²) in [6.07, 6.45) is 1.75. The predicted octanol–water partition coefficient (Wildman–Crippen LogP) is 4.43. The van der Waals surface area contributed by atoms with Crippen molar-refractivity contribution >= 4 is 28.3 Å². The summed E-state index contributed by atoms with van der Waals surface area (Å²) in [5.41, 5.74) is 4.54. The Bertz CT molecular complexity index is 1130. The molecule has 5 nitrogen and oxygen atoms in total. The highest BCUT2D eigenvalue weighted by atomic mass is 32.1. The zero-order valence-electron chi connectivity index (χ0n) is 16.2. The molecular formula is C22H22N4OS. The molecule has 28 heavy (non-hydrogen) atoms. The third kappa shape index (κ3) is 3.55. The van der Waals surface area contributed by atoms with Gasteiger partial charge in [-0.1, -0.05) is 30.3 Å². The average molecular weight is 391 g/mol. The number of pyridine rings is 1. The number of hydrogen-bond donors (Lipinski definition) is 0. The van der Waals surface area contributed by atoms with Crippen LogP contribution in [0.4, 0.5) is 0 Å². The summed E-state index contributed by atoms with van der Waals surface area (Å²) in [4.78, 5) is 20.8. The number of carbonyl (C=O) groups is 1. The molecule has 1 aromatic carbocycles. The van der Waals surface area contributed by atoms with Gasteiger partial charge in [0.2, 0.25) is 0 Å². The quantitative estimate of drug-likeness (QED) is 0.506. The van der Waals surface area contributed by atoms with Crippen molar-refractivity contribution in [3.63, 3.8) is 0 Å². The van der Waals surface area contributed by atoms with Crippen LogP contribution in [0.25, 0.3) is 11.0 Å². The maximum atomic E-state index is 13.2. The summed E-state index contributed by atoms with van der Waals surface area (Å²) in [5, 5.41) is 7.35. The first-order chi connectivity index (χ1) is 13.5. The Morgan fingerprint density at radius 1 is 1.18 bits per heavy atom. The molecule has 0 saturated carbocycles. The van der Waals surface area contributed by atoms with Gasteiger partial charge < -0.3 is 4.90 Å². The van der Waals surface area contributed by atoms with Crippen molar-refractivity contribution in [3.8, 4) is 0 Å². The monoisotopic (exact) mass is 390 g/mol. The number of carbonyl (C=O) groups excluding carboxylic acids is 1. The van der Waals surface area contributed by atoms with Crippen LogP contribution in [-0.2, 0) is 13.1 Å². The van der Waals surface area contributed by atoms with Gasteiger partial charge in [0, 0.05) is 24.2 Å². The van der Waals surface area contributed by atoms with Crippen LogP contribution in [0.3, 0.4) is 0 Å². The van der Waals surface area contributed by atoms with Crippen molar-refractivity contribution in [2.75, 3.05) is 7.05 Å². The summed E-state index contributed by atoms with van der Waals surface area (Å²) in [6.45, 7) is 5.21. The van der Waals surface area contributed by atoms with Crippen LogP contribution in [0, 0.1) is 13.8 Å². The van der Waals surface area contributed by atoms with Crippen LogP contribution in [0.15, 0.2) is 54.0 Å². The maximum Gasteiger partial charge on any atom is 0.254 e. The number of fused-ring (bicyclic) bond motifs is 1. The summed E-state index contributed by atoms with van der Waals surface area (Å²) < 4.78 is 1.87. The minimum absolute atomic E-state index is 0.0190. The van der Waals surface area contributed by atoms with Gasteiger partial charge in [0.25, 0.3) is 5.91 Å². The van der Waals surface area contributed by atoms with Crippen LogP contribution >= 0.6 is 11.3 Å². The lowest BCUT2D eigenvalue weighted by atomic mass is 10.1. The first kappa shape index (κ1) is 18.4. The first-order valence-corrected chi connectivity index (χ1v) is 10.1. The van der Waals surface area contributed by atoms with Gasteiger partial charge in [-0.25, -0.2) is 9.67 Å². The fourth-order valence-corrected chi connectivity index (χ4v) is 4.02. The molecule has 0 fully saturated rings. The van der Waals surface area contributed by atoms with Crippen molar-refractivity contribution in [3.05, 3.63) is 81.3 Å². The smallest absolute Gasteiger partial charge is 0.254 e. The third-order valence-corrected chi connectivity index (χ3v) is 5.73. The molecule has 6 heteroatoms. The third-order valence-electron chi connectivity index (χ3n) is 4.87. The van der Waals surface area contributed by atoms with Gasteiger partial charge in [-0.3, -0.25) is 4.79 Å². The molecule has 4 aromatic rings. The van der Waals surface area contributed by atoms with Crippen LogP contribution in [0.5, 0.6) is 0 Å². The Morgan fingerprint density at radius 2 is 2.00 bits per heavy atom. The van der Waals surface area contributed by atoms with E-state index >= 15 is 0 Å². The normalized spacial score (nSPS) is 11.1. The predicted molar refractivity (Wildman–Crippen MR) is 113 cm³/mol. The lowest BCUT2D eigenvalue weighted by Crippen LogP contribution is -2.27. The molecule has 0 aliphatic carbocycles. The number of aryl methyl sites for hydroxylation is 2. The van der Waals surface area contributed by atoms with Gasteiger partial charge in [-0.05, 0) is 42.5 Å². The lowest BCUT2D eigenvalue weighted by molar-refractivity contribution is 0.0786. The van der Waals surface area contributed by atoms with Crippen LogP contribution in [-0.4, -0.2) is 32.6 Å². The molecule has 0 atom stereocenters. The number of amides is 1. The van der Waals surface area contributed by atoms with Gasteiger partial charge in [-0.2, -0.15) is 5.10 Å². The highest BCUT2D eigenvalue weighted by molar-refractivity contribution is 7.09. The number of rotatable bonds is 5. The number of aromatic nitrogens is 3. The van der Waals surface area contributed by atoms with Crippen molar-refractivity contribution in [2.45, 2.75) is 26.9 Å². The Balaban J connectivity index is 1.67. The molecule has 0 unspecified atom stereocenters. The van der Waals surface area contributed by atoms with Gasteiger partial charge in [0.1, 0.15) is 0 Å². The van der Waals surface area contributed by atoms with E-state index in [1.807, 2.05) is 42.9 Å². The maximum absolute atomic E-state index is 13.2. The second-order valence-electron chi connectivity index (χ2n) is 7.02. The molecule has 142 valence electrons. The van der Waals surface area contributed by atoms with E-state index in [4.69, 9.17) is 0 Å². The van der Waals surface area contributed by atoms with Gasteiger partial charge in [-0.15, -0.1) is 11.3 Å². The lowest BCUT2D eigenvalue weighted by Gasteiger charge is -2.19. The Morgan fingerprint density at radius 3 is 2.75 bits per heavy atom. The number of hydrogen-bond acceptors (Lipinski definition) is 4. The zero-order valence-corrected chi connectivity index (χ0v) is 17.0. The minimum atomic E-state index is -0.0190. The molecule has 0 N–H and O–H groups in total. The molecule has 0 aliphatic rings. The van der Waals surface area contributed by atoms with Gasteiger partial charge in [0.15, 0.2) is 5.65 Å². The number of benzene rings is 1. The standard InChI is InChI=1S/C22H22N4OS/c1-15-7-4-5-8-17(15)13-25(3)22(27)19-11-16(2)24-21-20(19)12-23-26(21)14-18-9-6-10-28-18/h4-12H,13-14H2,1-3H3. The van der Waals surface area contributed by atoms with E-state index in [2.05, 4.69) is 40.6 Å². The van der Waals surface area contributed by atoms with E-state index in [0.29, 0.717) is 18.7 Å². The van der Waals surface area contributed by atoms with Crippen molar-refractivity contribution in [1.29, 1.82) is 0 Å². The summed E-state index contributed by atoms with van der Waals surface area (Å²) in [7, 11) is 1.84. The fraction of sp³-hybridized carbons (Fsp3) is 0.227. The minimum Gasteiger partial charge on any atom is -0.337 e. The van der Waals surface area contributed by atoms with E-state index < -0.39 is 0 Å². The first-order valence-electron chi connectivity index (χ1n) is 9.18. The molecule has 0 saturated heterocycles. The SMILES string of the molecule is Cc1cc(C(=O)N(C)Cc2ccccc2C)c2cnn(Cc3cccs3)c2n1. The van der Waals surface area contributed by atoms with E-state index in [1.165, 1.54) is 10.4 Å². The summed E-state index contributed by atoms with van der Waals surface area (Å²) >= 11 is 1.69. The average Bonchev–Trinajstić information content (AvgIpc) is 3.33. The number of thiophene rings is 1. The van der Waals surface area contributed by atoms with Crippen molar-refractivity contribution in [2.24, 2.45) is 0 Å². The van der Waals surface area contributed by atoms with E-state index in [0.717, 1.165) is 22.3 Å². The second kappa shape index (κ2) is 7.56. The highest BCUT2D eigenvalue weighted by Crippen LogP contribution is 2.22. The molecule has 0 radical (unpaired) electrons. The number of nitrogens with zero attached hydrogens (tertiary/aromatic N) is 4. The van der Waals surface area contributed by atoms with E-state index in [1.54, 1.807) is 22.4 Å². The largest absolute Gasteiger partial charge is 0.337 e. The summed E-state index contributed by atoms with van der Waals surface area (Å²) in [5.74, 6) is -0.0190. The molecule has 0 bridgehead atoms. The molecule has 4 rings (SSSR count). The highest BCUT2D eigenvalue weighted by Gasteiger charge is 2.19. The Kier molecular flexibility index (Phi) is 4.96. The topological polar surface area (TPSA) is 51.0 Å². The van der Waals surface area contributed by atoms with Crippen molar-refractivity contribution in [1.82, 2.24) is 19.7 Å². The molecule has 3 heterocycles. The van der Waals surface area contributed by atoms with Crippen LogP contribution < -0.4 is 0 Å². The van der Waals surface area contributed by atoms with E-state index in [-0.39, 0.29) is 5.91 Å². The molecular weight excluding hydrogens is 368 g/mol. The molecule has 0 aliphatic heterocycles. The van der Waals surface area contributed by atoms with Crippen molar-refractivity contribution < 1.29 is 4.79 Å². The van der Waals surface area contributed by atoms with Gasteiger partial charge >= 0.3 is 0 Å². The second-order valence-corrected chi connectivity index (χ2v) is 8.05. The van der Waals surface area contributed by atoms with E-state index in [9.17, 15) is 4.79 Å². The fourth-order valence-electron chi connectivity index (χ4n) is 3.34. The van der Waals surface area contributed by atoms with Crippen LogP contribution in [0.1, 0.15) is 32.1 Å². The molecule has 1 amide bonds. The van der Waals surface area contributed by atoms with Gasteiger partial charge in [0.05, 0.1) is 23.7 Å². The molecule has 0 spiro atoms. The summed E-state index contributed by atoms with van der Waals surface area (Å²) in [6, 6.07) is 14.1. The van der Waals surface area contributed by atoms with Crippen LogP contribution in [0.2, 0.25) is 0 Å². The Labute approximate surface area is 168 Å². The zero-order chi connectivity index (χ0) is 19.7. The molecule has 3 aromatic heterocycles.